The number of aromatic nitrogens is 1. The molecular formula is C27H17N. The van der Waals surface area contributed by atoms with E-state index >= 15 is 0 Å². The minimum atomic E-state index is 1.00. The Labute approximate surface area is 163 Å². The van der Waals surface area contributed by atoms with Crippen molar-refractivity contribution in [2.75, 3.05) is 0 Å². The molecule has 0 radical (unpaired) electrons. The van der Waals surface area contributed by atoms with E-state index in [1.54, 1.807) is 0 Å². The molecule has 0 atom stereocenters. The smallest absolute Gasteiger partial charge is 0.0702 e. The Kier molecular flexibility index (Phi) is 3.24. The van der Waals surface area contributed by atoms with Crippen LogP contribution in [-0.2, 0) is 0 Å². The first-order valence-electron chi connectivity index (χ1n) is 9.57. The Bertz CT molecular complexity index is 1330. The Hall–Kier alpha value is -3.71. The number of nitrogens with zero attached hydrogens (tertiary/aromatic N) is 1. The van der Waals surface area contributed by atoms with Crippen molar-refractivity contribution in [1.82, 2.24) is 4.98 Å². The molecule has 0 saturated carbocycles. The third-order valence-corrected chi connectivity index (χ3v) is 5.65. The lowest BCUT2D eigenvalue weighted by molar-refractivity contribution is 1.33. The summed E-state index contributed by atoms with van der Waals surface area (Å²) >= 11 is 0. The molecule has 0 aliphatic heterocycles. The van der Waals surface area contributed by atoms with Gasteiger partial charge in [0.15, 0.2) is 0 Å². The van der Waals surface area contributed by atoms with Gasteiger partial charge in [0.05, 0.1) is 5.69 Å². The molecule has 6 rings (SSSR count). The van der Waals surface area contributed by atoms with Gasteiger partial charge in [0.2, 0.25) is 0 Å². The van der Waals surface area contributed by atoms with E-state index in [0.29, 0.717) is 0 Å². The zero-order valence-electron chi connectivity index (χ0n) is 15.3. The monoisotopic (exact) mass is 355 g/mol. The third kappa shape index (κ3) is 2.23. The highest BCUT2D eigenvalue weighted by Gasteiger charge is 2.21. The van der Waals surface area contributed by atoms with E-state index in [1.807, 2.05) is 24.4 Å². The molecule has 0 spiro atoms. The summed E-state index contributed by atoms with van der Waals surface area (Å²) in [7, 11) is 0. The second-order valence-corrected chi connectivity index (χ2v) is 7.27. The third-order valence-electron chi connectivity index (χ3n) is 5.65. The van der Waals surface area contributed by atoms with Crippen molar-refractivity contribution >= 4 is 10.8 Å². The Morgan fingerprint density at radius 3 is 2.00 bits per heavy atom. The fourth-order valence-corrected chi connectivity index (χ4v) is 4.33. The van der Waals surface area contributed by atoms with Crippen LogP contribution in [0.15, 0.2) is 103 Å². The second kappa shape index (κ2) is 5.90. The lowest BCUT2D eigenvalue weighted by Crippen LogP contribution is -1.86. The van der Waals surface area contributed by atoms with Gasteiger partial charge in [-0.05, 0) is 56.8 Å². The standard InChI is InChI=1S/C27H17N/c1-2-7-18(8-3-1)26-14-13-20(17-28-26)21-15-19-9-6-12-24-22-10-4-5-11-23(22)25(16-21)27(19)24/h1-17H. The summed E-state index contributed by atoms with van der Waals surface area (Å²) in [4.78, 5) is 4.72. The lowest BCUT2D eigenvalue weighted by atomic mass is 9.96. The van der Waals surface area contributed by atoms with Crippen molar-refractivity contribution in [1.29, 1.82) is 0 Å². The quantitative estimate of drug-likeness (QED) is 0.319. The first-order valence-corrected chi connectivity index (χ1v) is 9.57. The van der Waals surface area contributed by atoms with Gasteiger partial charge in [-0.25, -0.2) is 0 Å². The molecule has 0 amide bonds. The highest BCUT2D eigenvalue weighted by Crippen LogP contribution is 2.48. The number of hydrogen-bond acceptors (Lipinski definition) is 1. The zero-order valence-corrected chi connectivity index (χ0v) is 15.3. The number of rotatable bonds is 2. The van der Waals surface area contributed by atoms with E-state index in [0.717, 1.165) is 16.8 Å². The van der Waals surface area contributed by atoms with Gasteiger partial charge in [0.25, 0.3) is 0 Å². The van der Waals surface area contributed by atoms with Crippen LogP contribution in [0.25, 0.3) is 55.4 Å². The molecule has 1 heterocycles. The fraction of sp³-hybridized carbons (Fsp3) is 0. The molecule has 28 heavy (non-hydrogen) atoms. The Morgan fingerprint density at radius 2 is 1.21 bits per heavy atom. The van der Waals surface area contributed by atoms with Crippen LogP contribution in [0, 0.1) is 0 Å². The van der Waals surface area contributed by atoms with Crippen molar-refractivity contribution in [3.63, 3.8) is 0 Å². The SMILES string of the molecule is c1ccc(-c2ccc(-c3cc4c5c(cccc5c3)-c3ccccc3-4)cn2)cc1. The molecule has 5 aromatic rings. The van der Waals surface area contributed by atoms with Gasteiger partial charge in [-0.1, -0.05) is 78.9 Å². The van der Waals surface area contributed by atoms with Crippen LogP contribution in [0.4, 0.5) is 0 Å². The van der Waals surface area contributed by atoms with E-state index in [-0.39, 0.29) is 0 Å². The van der Waals surface area contributed by atoms with Gasteiger partial charge < -0.3 is 0 Å². The van der Waals surface area contributed by atoms with E-state index in [1.165, 1.54) is 38.6 Å². The maximum atomic E-state index is 4.72. The Balaban J connectivity index is 1.52. The molecule has 1 nitrogen and oxygen atoms in total. The summed E-state index contributed by atoms with van der Waals surface area (Å²) in [5.41, 5.74) is 9.82. The van der Waals surface area contributed by atoms with E-state index in [9.17, 15) is 0 Å². The summed E-state index contributed by atoms with van der Waals surface area (Å²) in [5.74, 6) is 0. The van der Waals surface area contributed by atoms with Crippen LogP contribution in [-0.4, -0.2) is 4.98 Å². The van der Waals surface area contributed by atoms with Crippen LogP contribution >= 0.6 is 0 Å². The van der Waals surface area contributed by atoms with Crippen molar-refractivity contribution < 1.29 is 0 Å². The van der Waals surface area contributed by atoms with Gasteiger partial charge in [0.1, 0.15) is 0 Å². The molecule has 0 N–H and O–H groups in total. The number of benzene rings is 4. The average Bonchev–Trinajstić information content (AvgIpc) is 3.10. The van der Waals surface area contributed by atoms with Gasteiger partial charge in [-0.15, -0.1) is 0 Å². The molecule has 0 saturated heterocycles. The summed E-state index contributed by atoms with van der Waals surface area (Å²) in [6, 6.07) is 34.5. The largest absolute Gasteiger partial charge is 0.256 e. The first-order chi connectivity index (χ1) is 13.9. The van der Waals surface area contributed by atoms with Gasteiger partial charge in [0, 0.05) is 17.3 Å². The molecular weight excluding hydrogens is 338 g/mol. The average molecular weight is 355 g/mol. The molecule has 130 valence electrons. The maximum absolute atomic E-state index is 4.72. The Morgan fingerprint density at radius 1 is 0.464 bits per heavy atom. The molecule has 0 bridgehead atoms. The molecule has 1 aromatic heterocycles. The van der Waals surface area contributed by atoms with E-state index in [2.05, 4.69) is 78.9 Å². The highest BCUT2D eigenvalue weighted by atomic mass is 14.7. The van der Waals surface area contributed by atoms with Crippen LogP contribution in [0.5, 0.6) is 0 Å². The predicted octanol–water partition coefficient (Wildman–Crippen LogP) is 7.22. The normalized spacial score (nSPS) is 11.6. The minimum Gasteiger partial charge on any atom is -0.256 e. The maximum Gasteiger partial charge on any atom is 0.0702 e. The molecule has 0 unspecified atom stereocenters. The van der Waals surface area contributed by atoms with Crippen molar-refractivity contribution in [3.05, 3.63) is 103 Å². The van der Waals surface area contributed by atoms with Crippen LogP contribution in [0.2, 0.25) is 0 Å². The lowest BCUT2D eigenvalue weighted by Gasteiger charge is -2.09. The van der Waals surface area contributed by atoms with Crippen LogP contribution < -0.4 is 0 Å². The molecule has 0 fully saturated rings. The van der Waals surface area contributed by atoms with Crippen molar-refractivity contribution in [3.8, 4) is 44.6 Å². The van der Waals surface area contributed by atoms with Crippen LogP contribution in [0.3, 0.4) is 0 Å². The number of fused-ring (bicyclic) bond motifs is 3. The van der Waals surface area contributed by atoms with Gasteiger partial charge >= 0.3 is 0 Å². The summed E-state index contributed by atoms with van der Waals surface area (Å²) < 4.78 is 0. The van der Waals surface area contributed by atoms with Gasteiger partial charge in [-0.2, -0.15) is 0 Å². The fourth-order valence-electron chi connectivity index (χ4n) is 4.33. The second-order valence-electron chi connectivity index (χ2n) is 7.27. The molecule has 1 heteroatoms. The summed E-state index contributed by atoms with van der Waals surface area (Å²) in [6.45, 7) is 0. The predicted molar refractivity (Wildman–Crippen MR) is 117 cm³/mol. The van der Waals surface area contributed by atoms with Crippen LogP contribution in [0.1, 0.15) is 0 Å². The topological polar surface area (TPSA) is 12.9 Å². The van der Waals surface area contributed by atoms with Crippen molar-refractivity contribution in [2.24, 2.45) is 0 Å². The molecule has 1 aliphatic rings. The molecule has 1 aliphatic carbocycles. The number of pyridine rings is 1. The first kappa shape index (κ1) is 15.4. The van der Waals surface area contributed by atoms with Crippen molar-refractivity contribution in [2.45, 2.75) is 0 Å². The van der Waals surface area contributed by atoms with E-state index in [4.69, 9.17) is 4.98 Å². The highest BCUT2D eigenvalue weighted by molar-refractivity contribution is 6.16. The van der Waals surface area contributed by atoms with E-state index < -0.39 is 0 Å². The van der Waals surface area contributed by atoms with Gasteiger partial charge in [-0.3, -0.25) is 4.98 Å². The molecule has 4 aromatic carbocycles. The summed E-state index contributed by atoms with van der Waals surface area (Å²) in [5, 5.41) is 2.65. The zero-order chi connectivity index (χ0) is 18.5. The number of hydrogen-bond donors (Lipinski definition) is 0. The minimum absolute atomic E-state index is 1.00. The summed E-state index contributed by atoms with van der Waals surface area (Å²) in [6.07, 6.45) is 1.99.